The van der Waals surface area contributed by atoms with Crippen molar-refractivity contribution < 1.29 is 9.53 Å². The second kappa shape index (κ2) is 6.36. The molecule has 0 bridgehead atoms. The molecule has 1 aromatic rings. The van der Waals surface area contributed by atoms with E-state index >= 15 is 0 Å². The van der Waals surface area contributed by atoms with E-state index in [-0.39, 0.29) is 12.1 Å². The van der Waals surface area contributed by atoms with Crippen LogP contribution in [0.1, 0.15) is 43.4 Å². The molecular weight excluding hydrogens is 302 g/mol. The first kappa shape index (κ1) is 15.9. The number of pyridine rings is 1. The fourth-order valence-corrected chi connectivity index (χ4v) is 4.65. The first-order chi connectivity index (χ1) is 11.7. The molecule has 2 aliphatic heterocycles. The fourth-order valence-electron chi connectivity index (χ4n) is 4.65. The summed E-state index contributed by atoms with van der Waals surface area (Å²) in [5, 5.41) is 3.09. The number of nitrogens with one attached hydrogen (secondary N) is 1. The van der Waals surface area contributed by atoms with Crippen molar-refractivity contribution in [1.29, 1.82) is 0 Å². The van der Waals surface area contributed by atoms with E-state index in [0.717, 1.165) is 38.1 Å². The van der Waals surface area contributed by atoms with Crippen LogP contribution in [-0.2, 0) is 11.2 Å². The molecule has 2 atom stereocenters. The number of aryl methyl sites for hydroxylation is 1. The summed E-state index contributed by atoms with van der Waals surface area (Å²) in [6, 6.07) is 4.38. The molecule has 0 unspecified atom stereocenters. The number of ether oxygens (including phenoxy) is 1. The molecule has 5 nitrogen and oxygen atoms in total. The molecule has 0 radical (unpaired) electrons. The van der Waals surface area contributed by atoms with Crippen LogP contribution in [-0.4, -0.2) is 47.8 Å². The average Bonchev–Trinajstić information content (AvgIpc) is 3.00. The summed E-state index contributed by atoms with van der Waals surface area (Å²) >= 11 is 0. The number of carbonyl (C=O) groups is 1. The van der Waals surface area contributed by atoms with Gasteiger partial charge >= 0.3 is 6.03 Å². The van der Waals surface area contributed by atoms with Crippen molar-refractivity contribution in [1.82, 2.24) is 15.2 Å². The van der Waals surface area contributed by atoms with Crippen LogP contribution in [0.5, 0.6) is 0 Å². The van der Waals surface area contributed by atoms with Gasteiger partial charge in [0.25, 0.3) is 0 Å². The zero-order chi connectivity index (χ0) is 16.6. The van der Waals surface area contributed by atoms with Crippen LogP contribution in [0.4, 0.5) is 4.79 Å². The molecule has 2 saturated heterocycles. The number of carbonyl (C=O) groups excluding carboxylic acids is 1. The standard InChI is InChI=1S/C19H27N3O2/c1-14-5-2-10-20-15(14)7-11-21-18(23)22-13-19(8-4-9-19)17(22)16-6-3-12-24-16/h2,5,10,16-17H,3-4,6-9,11-13H2,1H3,(H,21,23)/t16-,17+/m1/s1. The van der Waals surface area contributed by atoms with Crippen LogP contribution < -0.4 is 5.32 Å². The van der Waals surface area contributed by atoms with E-state index in [1.165, 1.54) is 24.8 Å². The van der Waals surface area contributed by atoms with Crippen LogP contribution in [0, 0.1) is 12.3 Å². The number of urea groups is 1. The van der Waals surface area contributed by atoms with Crippen molar-refractivity contribution in [2.24, 2.45) is 5.41 Å². The third-order valence-corrected chi connectivity index (χ3v) is 6.13. The van der Waals surface area contributed by atoms with Crippen molar-refractivity contribution in [3.8, 4) is 0 Å². The summed E-state index contributed by atoms with van der Waals surface area (Å²) in [6.07, 6.45) is 8.90. The molecule has 3 aliphatic rings. The summed E-state index contributed by atoms with van der Waals surface area (Å²) in [7, 11) is 0. The van der Waals surface area contributed by atoms with Crippen LogP contribution in [0.3, 0.4) is 0 Å². The summed E-state index contributed by atoms with van der Waals surface area (Å²) in [5.41, 5.74) is 2.61. The van der Waals surface area contributed by atoms with Gasteiger partial charge in [-0.25, -0.2) is 4.79 Å². The van der Waals surface area contributed by atoms with Crippen molar-refractivity contribution in [2.75, 3.05) is 19.7 Å². The molecule has 130 valence electrons. The Hall–Kier alpha value is -1.62. The molecule has 1 N–H and O–H groups in total. The van der Waals surface area contributed by atoms with Gasteiger partial charge in [0.15, 0.2) is 0 Å². The molecule has 1 saturated carbocycles. The van der Waals surface area contributed by atoms with Crippen LogP contribution in [0.15, 0.2) is 18.3 Å². The highest BCUT2D eigenvalue weighted by Crippen LogP contribution is 2.55. The Morgan fingerprint density at radius 3 is 3.00 bits per heavy atom. The van der Waals surface area contributed by atoms with E-state index in [9.17, 15) is 4.79 Å². The number of nitrogens with zero attached hydrogens (tertiary/aromatic N) is 2. The molecule has 3 heterocycles. The van der Waals surface area contributed by atoms with Crippen molar-refractivity contribution in [2.45, 2.75) is 57.6 Å². The molecule has 3 fully saturated rings. The zero-order valence-corrected chi connectivity index (χ0v) is 14.5. The van der Waals surface area contributed by atoms with Gasteiger partial charge in [0.2, 0.25) is 0 Å². The van der Waals surface area contributed by atoms with E-state index in [1.807, 2.05) is 17.2 Å². The lowest BCUT2D eigenvalue weighted by Crippen LogP contribution is -2.73. The number of likely N-dealkylation sites (tertiary alicyclic amines) is 1. The van der Waals surface area contributed by atoms with Crippen LogP contribution in [0.25, 0.3) is 0 Å². The van der Waals surface area contributed by atoms with Gasteiger partial charge in [-0.2, -0.15) is 0 Å². The predicted molar refractivity (Wildman–Crippen MR) is 91.8 cm³/mol. The van der Waals surface area contributed by atoms with Gasteiger partial charge in [-0.3, -0.25) is 4.98 Å². The number of amides is 2. The van der Waals surface area contributed by atoms with Gasteiger partial charge < -0.3 is 15.0 Å². The number of hydrogen-bond acceptors (Lipinski definition) is 3. The van der Waals surface area contributed by atoms with Gasteiger partial charge in [-0.05, 0) is 44.2 Å². The van der Waals surface area contributed by atoms with Gasteiger partial charge in [0.1, 0.15) is 0 Å². The number of hydrogen-bond donors (Lipinski definition) is 1. The highest BCUT2D eigenvalue weighted by molar-refractivity contribution is 5.76. The largest absolute Gasteiger partial charge is 0.376 e. The monoisotopic (exact) mass is 329 g/mol. The molecule has 4 rings (SSSR count). The summed E-state index contributed by atoms with van der Waals surface area (Å²) in [4.78, 5) is 19.1. The average molecular weight is 329 g/mol. The third-order valence-electron chi connectivity index (χ3n) is 6.13. The number of aromatic nitrogens is 1. The first-order valence-electron chi connectivity index (χ1n) is 9.26. The molecule has 5 heteroatoms. The fraction of sp³-hybridized carbons (Fsp3) is 0.684. The van der Waals surface area contributed by atoms with E-state index in [4.69, 9.17) is 4.74 Å². The van der Waals surface area contributed by atoms with Gasteiger partial charge in [-0.15, -0.1) is 0 Å². The lowest BCUT2D eigenvalue weighted by molar-refractivity contribution is -0.147. The summed E-state index contributed by atoms with van der Waals surface area (Å²) in [5.74, 6) is 0. The molecular formula is C19H27N3O2. The molecule has 24 heavy (non-hydrogen) atoms. The molecule has 2 amide bonds. The number of rotatable bonds is 4. The highest BCUT2D eigenvalue weighted by Gasteiger charge is 2.60. The Bertz CT molecular complexity index is 608. The Kier molecular flexibility index (Phi) is 4.21. The quantitative estimate of drug-likeness (QED) is 0.924. The van der Waals surface area contributed by atoms with Crippen molar-refractivity contribution in [3.63, 3.8) is 0 Å². The minimum absolute atomic E-state index is 0.0709. The third kappa shape index (κ3) is 2.69. The zero-order valence-electron chi connectivity index (χ0n) is 14.5. The minimum Gasteiger partial charge on any atom is -0.376 e. The maximum Gasteiger partial charge on any atom is 0.317 e. The van der Waals surface area contributed by atoms with Crippen molar-refractivity contribution in [3.05, 3.63) is 29.6 Å². The van der Waals surface area contributed by atoms with E-state index < -0.39 is 0 Å². The Morgan fingerprint density at radius 1 is 1.46 bits per heavy atom. The molecule has 1 aromatic heterocycles. The molecule has 1 aliphatic carbocycles. The first-order valence-corrected chi connectivity index (χ1v) is 9.26. The second-order valence-corrected chi connectivity index (χ2v) is 7.59. The van der Waals surface area contributed by atoms with Crippen LogP contribution >= 0.6 is 0 Å². The summed E-state index contributed by atoms with van der Waals surface area (Å²) in [6.45, 7) is 4.46. The topological polar surface area (TPSA) is 54.5 Å². The van der Waals surface area contributed by atoms with E-state index in [1.54, 1.807) is 0 Å². The predicted octanol–water partition coefficient (Wildman–Crippen LogP) is 2.68. The van der Waals surface area contributed by atoms with Crippen LogP contribution in [0.2, 0.25) is 0 Å². The van der Waals surface area contributed by atoms with Gasteiger partial charge in [0.05, 0.1) is 12.1 Å². The minimum atomic E-state index is 0.0709. The van der Waals surface area contributed by atoms with Gasteiger partial charge in [-0.1, -0.05) is 12.5 Å². The highest BCUT2D eigenvalue weighted by atomic mass is 16.5. The lowest BCUT2D eigenvalue weighted by Gasteiger charge is -2.63. The smallest absolute Gasteiger partial charge is 0.317 e. The van der Waals surface area contributed by atoms with E-state index in [0.29, 0.717) is 18.0 Å². The normalized spacial score (nSPS) is 27.6. The Balaban J connectivity index is 1.33. The maximum absolute atomic E-state index is 12.6. The SMILES string of the molecule is Cc1cccnc1CCNC(=O)N1CC2(CCC2)[C@@H]1[C@H]1CCCO1. The second-order valence-electron chi connectivity index (χ2n) is 7.59. The lowest BCUT2D eigenvalue weighted by atomic mass is 9.56. The summed E-state index contributed by atoms with van der Waals surface area (Å²) < 4.78 is 5.93. The Morgan fingerprint density at radius 2 is 2.33 bits per heavy atom. The molecule has 0 aromatic carbocycles. The maximum atomic E-state index is 12.6. The van der Waals surface area contributed by atoms with E-state index in [2.05, 4.69) is 23.3 Å². The molecule has 1 spiro atoms. The van der Waals surface area contributed by atoms with Gasteiger partial charge in [0, 0.05) is 43.4 Å². The van der Waals surface area contributed by atoms with Crippen molar-refractivity contribution >= 4 is 6.03 Å². The Labute approximate surface area is 143 Å².